The third-order valence-electron chi connectivity index (χ3n) is 5.31. The molecule has 2 amide bonds. The van der Waals surface area contributed by atoms with Gasteiger partial charge in [0.05, 0.1) is 11.9 Å². The second-order valence-electron chi connectivity index (χ2n) is 8.06. The number of amides is 2. The van der Waals surface area contributed by atoms with Crippen molar-refractivity contribution in [2.24, 2.45) is 0 Å². The van der Waals surface area contributed by atoms with Crippen LogP contribution in [0, 0.1) is 6.92 Å². The molecular formula is C24H31Cl2N3O4S. The summed E-state index contributed by atoms with van der Waals surface area (Å²) in [6, 6.07) is 11.0. The third kappa shape index (κ3) is 7.61. The van der Waals surface area contributed by atoms with Gasteiger partial charge >= 0.3 is 0 Å². The number of hydrogen-bond acceptors (Lipinski definition) is 4. The topological polar surface area (TPSA) is 86.8 Å². The normalized spacial score (nSPS) is 12.2. The van der Waals surface area contributed by atoms with Crippen LogP contribution >= 0.6 is 23.2 Å². The van der Waals surface area contributed by atoms with Gasteiger partial charge in [0.1, 0.15) is 12.6 Å². The van der Waals surface area contributed by atoms with Gasteiger partial charge in [-0.05, 0) is 61.2 Å². The molecule has 1 N–H and O–H groups in total. The van der Waals surface area contributed by atoms with Crippen molar-refractivity contribution in [2.45, 2.75) is 46.2 Å². The lowest BCUT2D eigenvalue weighted by Gasteiger charge is -2.33. The van der Waals surface area contributed by atoms with Crippen molar-refractivity contribution in [1.29, 1.82) is 0 Å². The van der Waals surface area contributed by atoms with Crippen molar-refractivity contribution < 1.29 is 18.0 Å². The van der Waals surface area contributed by atoms with Crippen molar-refractivity contribution in [3.63, 3.8) is 0 Å². The standard InChI is InChI=1S/C24H31Cl2N3O4S/c1-5-13-27-24(31)21(6-2)28(15-18-7-9-19(25)10-8-18)23(30)16-29(34(4,32)33)22-12-11-20(26)14-17(22)3/h7-12,14,21H,5-6,13,15-16H2,1-4H3,(H,27,31)/t21-/m1/s1. The zero-order chi connectivity index (χ0) is 25.5. The number of nitrogens with zero attached hydrogens (tertiary/aromatic N) is 2. The Labute approximate surface area is 212 Å². The van der Waals surface area contributed by atoms with Crippen LogP contribution in [0.1, 0.15) is 37.8 Å². The van der Waals surface area contributed by atoms with Crippen molar-refractivity contribution >= 4 is 50.7 Å². The molecule has 1 atom stereocenters. The Morgan fingerprint density at radius 3 is 2.18 bits per heavy atom. The van der Waals surface area contributed by atoms with Crippen molar-refractivity contribution in [3.8, 4) is 0 Å². The summed E-state index contributed by atoms with van der Waals surface area (Å²) < 4.78 is 26.4. The smallest absolute Gasteiger partial charge is 0.244 e. The van der Waals surface area contributed by atoms with Gasteiger partial charge in [0.25, 0.3) is 0 Å². The molecule has 0 bridgehead atoms. The molecule has 7 nitrogen and oxygen atoms in total. The number of nitrogens with one attached hydrogen (secondary N) is 1. The molecule has 0 saturated heterocycles. The first-order valence-corrected chi connectivity index (χ1v) is 13.6. The molecule has 0 spiro atoms. The van der Waals surface area contributed by atoms with Gasteiger partial charge in [-0.2, -0.15) is 0 Å². The monoisotopic (exact) mass is 527 g/mol. The van der Waals surface area contributed by atoms with Gasteiger partial charge in [-0.1, -0.05) is 49.2 Å². The van der Waals surface area contributed by atoms with Crippen molar-refractivity contribution in [3.05, 3.63) is 63.6 Å². The molecule has 0 saturated carbocycles. The minimum Gasteiger partial charge on any atom is -0.354 e. The van der Waals surface area contributed by atoms with E-state index in [0.29, 0.717) is 34.3 Å². The molecule has 10 heteroatoms. The zero-order valence-corrected chi connectivity index (χ0v) is 22.2. The molecule has 2 aromatic rings. The van der Waals surface area contributed by atoms with Gasteiger partial charge in [-0.3, -0.25) is 13.9 Å². The zero-order valence-electron chi connectivity index (χ0n) is 19.8. The molecule has 0 heterocycles. The number of anilines is 1. The number of halogens is 2. The first-order chi connectivity index (χ1) is 16.0. The van der Waals surface area contributed by atoms with Gasteiger partial charge in [-0.15, -0.1) is 0 Å². The second-order valence-corrected chi connectivity index (χ2v) is 10.8. The molecule has 0 aliphatic heterocycles. The summed E-state index contributed by atoms with van der Waals surface area (Å²) in [5.74, 6) is -0.770. The Bertz CT molecular complexity index is 1110. The minimum atomic E-state index is -3.80. The molecule has 0 fully saturated rings. The van der Waals surface area contributed by atoms with Crippen LogP contribution in [0.25, 0.3) is 0 Å². The third-order valence-corrected chi connectivity index (χ3v) is 6.92. The molecule has 0 aromatic heterocycles. The Kier molecular flexibility index (Phi) is 10.2. The molecule has 186 valence electrons. The Morgan fingerprint density at radius 2 is 1.65 bits per heavy atom. The molecule has 0 aliphatic carbocycles. The molecule has 0 aliphatic rings. The molecular weight excluding hydrogens is 497 g/mol. The molecule has 0 unspecified atom stereocenters. The van der Waals surface area contributed by atoms with E-state index in [1.165, 1.54) is 4.90 Å². The average molecular weight is 529 g/mol. The second kappa shape index (κ2) is 12.4. The summed E-state index contributed by atoms with van der Waals surface area (Å²) in [6.07, 6.45) is 2.17. The summed E-state index contributed by atoms with van der Waals surface area (Å²) >= 11 is 12.0. The highest BCUT2D eigenvalue weighted by molar-refractivity contribution is 7.92. The van der Waals surface area contributed by atoms with Crippen LogP contribution in [-0.2, 0) is 26.2 Å². The van der Waals surface area contributed by atoms with Crippen molar-refractivity contribution in [2.75, 3.05) is 23.7 Å². The maximum Gasteiger partial charge on any atom is 0.244 e. The fourth-order valence-electron chi connectivity index (χ4n) is 3.57. The largest absolute Gasteiger partial charge is 0.354 e. The number of sulfonamides is 1. The van der Waals surface area contributed by atoms with Crippen LogP contribution in [0.3, 0.4) is 0 Å². The predicted molar refractivity (Wildman–Crippen MR) is 138 cm³/mol. The first kappa shape index (κ1) is 28.0. The number of benzene rings is 2. The van der Waals surface area contributed by atoms with E-state index in [2.05, 4.69) is 5.32 Å². The fraction of sp³-hybridized carbons (Fsp3) is 0.417. The molecule has 2 aromatic carbocycles. The quantitative estimate of drug-likeness (QED) is 0.469. The summed E-state index contributed by atoms with van der Waals surface area (Å²) in [6.45, 7) is 5.64. The van der Waals surface area contributed by atoms with Gasteiger partial charge in [0, 0.05) is 23.1 Å². The van der Waals surface area contributed by atoms with Gasteiger partial charge in [0.15, 0.2) is 0 Å². The first-order valence-electron chi connectivity index (χ1n) is 11.0. The minimum absolute atomic E-state index is 0.130. The summed E-state index contributed by atoms with van der Waals surface area (Å²) in [7, 11) is -3.80. The van der Waals surface area contributed by atoms with E-state index in [9.17, 15) is 18.0 Å². The highest BCUT2D eigenvalue weighted by Gasteiger charge is 2.32. The SMILES string of the molecule is CCCNC(=O)[C@@H](CC)N(Cc1ccc(Cl)cc1)C(=O)CN(c1ccc(Cl)cc1C)S(C)(=O)=O. The van der Waals surface area contributed by atoms with E-state index < -0.39 is 28.5 Å². The van der Waals surface area contributed by atoms with Gasteiger partial charge in [0.2, 0.25) is 21.8 Å². The molecule has 0 radical (unpaired) electrons. The van der Waals surface area contributed by atoms with Crippen LogP contribution in [0.2, 0.25) is 10.0 Å². The highest BCUT2D eigenvalue weighted by Crippen LogP contribution is 2.26. The van der Waals surface area contributed by atoms with Crippen LogP contribution in [0.4, 0.5) is 5.69 Å². The average Bonchev–Trinajstić information content (AvgIpc) is 2.76. The molecule has 34 heavy (non-hydrogen) atoms. The van der Waals surface area contributed by atoms with E-state index in [4.69, 9.17) is 23.2 Å². The summed E-state index contributed by atoms with van der Waals surface area (Å²) in [4.78, 5) is 27.9. The van der Waals surface area contributed by atoms with E-state index in [1.54, 1.807) is 49.4 Å². The number of hydrogen-bond donors (Lipinski definition) is 1. The van der Waals surface area contributed by atoms with Gasteiger partial charge in [-0.25, -0.2) is 8.42 Å². The van der Waals surface area contributed by atoms with Gasteiger partial charge < -0.3 is 10.2 Å². The van der Waals surface area contributed by atoms with Crippen molar-refractivity contribution in [1.82, 2.24) is 10.2 Å². The summed E-state index contributed by atoms with van der Waals surface area (Å²) in [5.41, 5.74) is 1.74. The van der Waals surface area contributed by atoms with Crippen LogP contribution < -0.4 is 9.62 Å². The lowest BCUT2D eigenvalue weighted by molar-refractivity contribution is -0.140. The van der Waals surface area contributed by atoms with Crippen LogP contribution in [0.15, 0.2) is 42.5 Å². The maximum atomic E-state index is 13.6. The van der Waals surface area contributed by atoms with Crippen LogP contribution in [0.5, 0.6) is 0 Å². The lowest BCUT2D eigenvalue weighted by Crippen LogP contribution is -2.52. The number of carbonyl (C=O) groups is 2. The predicted octanol–water partition coefficient (Wildman–Crippen LogP) is 4.40. The molecule has 2 rings (SSSR count). The Hall–Kier alpha value is -2.29. The number of aryl methyl sites for hydroxylation is 1. The van der Waals surface area contributed by atoms with Crippen LogP contribution in [-0.4, -0.2) is 50.5 Å². The highest BCUT2D eigenvalue weighted by atomic mass is 35.5. The summed E-state index contributed by atoms with van der Waals surface area (Å²) in [5, 5.41) is 3.86. The van der Waals surface area contributed by atoms with E-state index in [-0.39, 0.29) is 12.5 Å². The van der Waals surface area contributed by atoms with E-state index in [0.717, 1.165) is 22.5 Å². The lowest BCUT2D eigenvalue weighted by atomic mass is 10.1. The van der Waals surface area contributed by atoms with E-state index in [1.807, 2.05) is 13.8 Å². The fourth-order valence-corrected chi connectivity index (χ4v) is 4.83. The Morgan fingerprint density at radius 1 is 1.03 bits per heavy atom. The number of rotatable bonds is 11. The van der Waals surface area contributed by atoms with E-state index >= 15 is 0 Å². The maximum absolute atomic E-state index is 13.6. The Balaban J connectivity index is 2.44. The number of carbonyl (C=O) groups excluding carboxylic acids is 2.